The molecule has 2 heterocycles. The second-order valence-corrected chi connectivity index (χ2v) is 10.2. The van der Waals surface area contributed by atoms with Gasteiger partial charge in [0.15, 0.2) is 0 Å². The van der Waals surface area contributed by atoms with Crippen molar-refractivity contribution in [3.05, 3.63) is 35.4 Å². The van der Waals surface area contributed by atoms with Crippen LogP contribution in [0.15, 0.2) is 24.3 Å². The maximum atomic E-state index is 13.8. The first-order chi connectivity index (χ1) is 15.4. The molecule has 2 aliphatic heterocycles. The Hall–Kier alpha value is -2.08. The van der Waals surface area contributed by atoms with Crippen molar-refractivity contribution in [2.45, 2.75) is 70.4 Å². The van der Waals surface area contributed by atoms with E-state index < -0.39 is 11.5 Å². The number of amides is 2. The fourth-order valence-corrected chi connectivity index (χ4v) is 6.21. The number of rotatable bonds is 5. The van der Waals surface area contributed by atoms with Crippen molar-refractivity contribution in [2.24, 2.45) is 11.8 Å². The van der Waals surface area contributed by atoms with Crippen LogP contribution in [0.5, 0.6) is 0 Å². The molecule has 0 aromatic heterocycles. The minimum atomic E-state index is -0.454. The van der Waals surface area contributed by atoms with E-state index in [1.54, 1.807) is 7.05 Å². The standard InChI is InChI=1S/C26H39N3O3/c1-19(2)20-8-10-22(11-9-20)28-14-12-26(13-15-28)23-7-5-4-6-21(23)18-29(24(26)30)16-17-32-25(31)27-3/h4-7,19-20,22H,8-18H2,1-3H3,(H,27,31). The number of benzene rings is 1. The number of likely N-dealkylation sites (tertiary alicyclic amines) is 1. The van der Waals surface area contributed by atoms with E-state index in [2.05, 4.69) is 48.3 Å². The van der Waals surface area contributed by atoms with Gasteiger partial charge in [-0.1, -0.05) is 38.1 Å². The van der Waals surface area contributed by atoms with Gasteiger partial charge in [0, 0.05) is 19.6 Å². The zero-order chi connectivity index (χ0) is 22.7. The summed E-state index contributed by atoms with van der Waals surface area (Å²) in [6.07, 6.45) is 6.56. The molecule has 1 saturated carbocycles. The van der Waals surface area contributed by atoms with Crippen LogP contribution in [0.4, 0.5) is 4.79 Å². The van der Waals surface area contributed by atoms with E-state index in [0.29, 0.717) is 19.1 Å². The van der Waals surface area contributed by atoms with Crippen LogP contribution in [-0.4, -0.2) is 61.1 Å². The van der Waals surface area contributed by atoms with Crippen molar-refractivity contribution in [1.29, 1.82) is 0 Å². The first-order valence-corrected chi connectivity index (χ1v) is 12.4. The molecular formula is C26H39N3O3. The molecule has 0 atom stereocenters. The van der Waals surface area contributed by atoms with Crippen molar-refractivity contribution in [3.8, 4) is 0 Å². The Morgan fingerprint density at radius 3 is 2.50 bits per heavy atom. The lowest BCUT2D eigenvalue weighted by Gasteiger charge is -2.49. The lowest BCUT2D eigenvalue weighted by Crippen LogP contribution is -2.57. The summed E-state index contributed by atoms with van der Waals surface area (Å²) >= 11 is 0. The summed E-state index contributed by atoms with van der Waals surface area (Å²) in [5.74, 6) is 1.87. The SMILES string of the molecule is CNC(=O)OCCN1Cc2ccccc2C2(CCN(C3CCC(C(C)C)CC3)CC2)C1=O. The first kappa shape index (κ1) is 23.1. The summed E-state index contributed by atoms with van der Waals surface area (Å²) in [6, 6.07) is 9.11. The zero-order valence-corrected chi connectivity index (χ0v) is 19.9. The predicted molar refractivity (Wildman–Crippen MR) is 125 cm³/mol. The third-order valence-electron chi connectivity index (χ3n) is 8.24. The number of hydrogen-bond donors (Lipinski definition) is 1. The molecule has 6 nitrogen and oxygen atoms in total. The molecule has 1 aromatic carbocycles. The van der Waals surface area contributed by atoms with E-state index in [1.807, 2.05) is 4.90 Å². The molecule has 1 aliphatic carbocycles. The normalized spacial score (nSPS) is 25.6. The number of fused-ring (bicyclic) bond motifs is 2. The number of carbonyl (C=O) groups is 2. The molecule has 2 fully saturated rings. The molecule has 1 aromatic rings. The van der Waals surface area contributed by atoms with Crippen LogP contribution in [0.25, 0.3) is 0 Å². The van der Waals surface area contributed by atoms with Crippen LogP contribution in [0.3, 0.4) is 0 Å². The maximum absolute atomic E-state index is 13.8. The second-order valence-electron chi connectivity index (χ2n) is 10.2. The maximum Gasteiger partial charge on any atom is 0.406 e. The van der Waals surface area contributed by atoms with E-state index in [9.17, 15) is 9.59 Å². The van der Waals surface area contributed by atoms with Crippen LogP contribution in [0, 0.1) is 11.8 Å². The Morgan fingerprint density at radius 2 is 1.84 bits per heavy atom. The molecule has 3 aliphatic rings. The number of hydrogen-bond acceptors (Lipinski definition) is 4. The lowest BCUT2D eigenvalue weighted by atomic mass is 9.67. The van der Waals surface area contributed by atoms with Gasteiger partial charge in [-0.3, -0.25) is 4.79 Å². The summed E-state index contributed by atoms with van der Waals surface area (Å²) in [5, 5.41) is 2.46. The smallest absolute Gasteiger partial charge is 0.406 e. The van der Waals surface area contributed by atoms with E-state index in [0.717, 1.165) is 37.8 Å². The van der Waals surface area contributed by atoms with Crippen LogP contribution < -0.4 is 5.32 Å². The quantitative estimate of drug-likeness (QED) is 0.752. The van der Waals surface area contributed by atoms with Gasteiger partial charge < -0.3 is 19.9 Å². The molecule has 1 saturated heterocycles. The number of piperidine rings is 1. The highest BCUT2D eigenvalue weighted by molar-refractivity contribution is 5.90. The van der Waals surface area contributed by atoms with Gasteiger partial charge in [-0.05, 0) is 74.6 Å². The molecule has 0 radical (unpaired) electrons. The highest BCUT2D eigenvalue weighted by atomic mass is 16.5. The molecular weight excluding hydrogens is 402 g/mol. The molecule has 0 bridgehead atoms. The molecule has 32 heavy (non-hydrogen) atoms. The fourth-order valence-electron chi connectivity index (χ4n) is 6.21. The molecule has 0 unspecified atom stereocenters. The topological polar surface area (TPSA) is 61.9 Å². The molecule has 1 spiro atoms. The zero-order valence-electron chi connectivity index (χ0n) is 19.9. The largest absolute Gasteiger partial charge is 0.448 e. The third kappa shape index (κ3) is 4.52. The minimum absolute atomic E-state index is 0.208. The van der Waals surface area contributed by atoms with Gasteiger partial charge in [-0.2, -0.15) is 0 Å². The minimum Gasteiger partial charge on any atom is -0.448 e. The average Bonchev–Trinajstić information content (AvgIpc) is 2.82. The molecule has 2 amide bonds. The second kappa shape index (κ2) is 9.82. The summed E-state index contributed by atoms with van der Waals surface area (Å²) in [7, 11) is 1.54. The predicted octanol–water partition coefficient (Wildman–Crippen LogP) is 3.93. The van der Waals surface area contributed by atoms with Crippen LogP contribution in [0.1, 0.15) is 63.5 Å². The Balaban J connectivity index is 1.44. The average molecular weight is 442 g/mol. The van der Waals surface area contributed by atoms with Gasteiger partial charge in [0.25, 0.3) is 0 Å². The van der Waals surface area contributed by atoms with Gasteiger partial charge in [-0.25, -0.2) is 4.79 Å². The van der Waals surface area contributed by atoms with Gasteiger partial charge in [0.1, 0.15) is 6.61 Å². The Morgan fingerprint density at radius 1 is 1.16 bits per heavy atom. The van der Waals surface area contributed by atoms with Crippen LogP contribution in [-0.2, 0) is 21.5 Å². The highest BCUT2D eigenvalue weighted by Crippen LogP contribution is 2.44. The number of nitrogens with zero attached hydrogens (tertiary/aromatic N) is 2. The molecule has 4 rings (SSSR count). The Bertz CT molecular complexity index is 808. The van der Waals surface area contributed by atoms with Gasteiger partial charge >= 0.3 is 6.09 Å². The van der Waals surface area contributed by atoms with E-state index in [-0.39, 0.29) is 12.5 Å². The number of ether oxygens (including phenoxy) is 1. The lowest BCUT2D eigenvalue weighted by molar-refractivity contribution is -0.142. The van der Waals surface area contributed by atoms with Gasteiger partial charge in [0.05, 0.1) is 12.0 Å². The third-order valence-corrected chi connectivity index (χ3v) is 8.24. The molecule has 176 valence electrons. The van der Waals surface area contributed by atoms with E-state index >= 15 is 0 Å². The van der Waals surface area contributed by atoms with E-state index in [1.165, 1.54) is 36.8 Å². The molecule has 1 N–H and O–H groups in total. The fraction of sp³-hybridized carbons (Fsp3) is 0.692. The van der Waals surface area contributed by atoms with Crippen molar-refractivity contribution < 1.29 is 14.3 Å². The number of alkyl carbamates (subject to hydrolysis) is 1. The summed E-state index contributed by atoms with van der Waals surface area (Å²) < 4.78 is 5.18. The number of carbonyl (C=O) groups excluding carboxylic acids is 2. The van der Waals surface area contributed by atoms with Crippen molar-refractivity contribution >= 4 is 12.0 Å². The first-order valence-electron chi connectivity index (χ1n) is 12.4. The number of nitrogens with one attached hydrogen (secondary N) is 1. The molecule has 6 heteroatoms. The van der Waals surface area contributed by atoms with Crippen LogP contribution >= 0.6 is 0 Å². The highest BCUT2D eigenvalue weighted by Gasteiger charge is 2.49. The monoisotopic (exact) mass is 441 g/mol. The van der Waals surface area contributed by atoms with E-state index in [4.69, 9.17) is 4.74 Å². The summed E-state index contributed by atoms with van der Waals surface area (Å²) in [5.41, 5.74) is 2.02. The van der Waals surface area contributed by atoms with Gasteiger partial charge in [-0.15, -0.1) is 0 Å². The van der Waals surface area contributed by atoms with Gasteiger partial charge in [0.2, 0.25) is 5.91 Å². The van der Waals surface area contributed by atoms with Crippen molar-refractivity contribution in [1.82, 2.24) is 15.1 Å². The van der Waals surface area contributed by atoms with Crippen molar-refractivity contribution in [2.75, 3.05) is 33.3 Å². The Kier molecular flexibility index (Phi) is 7.08. The summed E-state index contributed by atoms with van der Waals surface area (Å²) in [4.78, 5) is 29.7. The van der Waals surface area contributed by atoms with Crippen LogP contribution in [0.2, 0.25) is 0 Å². The van der Waals surface area contributed by atoms with Crippen molar-refractivity contribution in [3.63, 3.8) is 0 Å². The Labute approximate surface area is 192 Å². The summed E-state index contributed by atoms with van der Waals surface area (Å²) in [6.45, 7) is 7.93.